The summed E-state index contributed by atoms with van der Waals surface area (Å²) >= 11 is 1.13. The molecule has 0 fully saturated rings. The van der Waals surface area contributed by atoms with Gasteiger partial charge in [-0.25, -0.2) is 13.1 Å². The van der Waals surface area contributed by atoms with Gasteiger partial charge in [0.05, 0.1) is 23.9 Å². The molecule has 1 N–H and O–H groups in total. The second-order valence-corrected chi connectivity index (χ2v) is 6.07. The van der Waals surface area contributed by atoms with E-state index in [1.807, 2.05) is 0 Å². The zero-order valence-corrected chi connectivity index (χ0v) is 12.3. The Bertz CT molecular complexity index is 629. The van der Waals surface area contributed by atoms with Crippen molar-refractivity contribution >= 4 is 33.4 Å². The first-order valence-electron chi connectivity index (χ1n) is 5.19. The SMILES string of the molecule is COc1ccc(S(=O)(=O)NC(=O)CSC)c([N+](=O)[O-])c1. The van der Waals surface area contributed by atoms with Gasteiger partial charge in [-0.2, -0.15) is 11.8 Å². The largest absolute Gasteiger partial charge is 0.497 e. The highest BCUT2D eigenvalue weighted by molar-refractivity contribution is 7.99. The summed E-state index contributed by atoms with van der Waals surface area (Å²) in [5.41, 5.74) is -0.659. The predicted molar refractivity (Wildman–Crippen MR) is 73.4 cm³/mol. The van der Waals surface area contributed by atoms with E-state index >= 15 is 0 Å². The second kappa shape index (κ2) is 6.57. The lowest BCUT2D eigenvalue weighted by Gasteiger charge is -2.08. The minimum atomic E-state index is -4.29. The van der Waals surface area contributed by atoms with Gasteiger partial charge in [0, 0.05) is 0 Å². The third kappa shape index (κ3) is 3.84. The summed E-state index contributed by atoms with van der Waals surface area (Å²) in [5.74, 6) is -0.669. The van der Waals surface area contributed by atoms with Crippen LogP contribution in [0.4, 0.5) is 5.69 Å². The van der Waals surface area contributed by atoms with Crippen molar-refractivity contribution in [3.63, 3.8) is 0 Å². The van der Waals surface area contributed by atoms with Crippen molar-refractivity contribution in [2.45, 2.75) is 4.90 Å². The van der Waals surface area contributed by atoms with Gasteiger partial charge < -0.3 is 4.74 Å². The zero-order valence-electron chi connectivity index (χ0n) is 10.7. The molecule has 1 amide bonds. The highest BCUT2D eigenvalue weighted by Gasteiger charge is 2.27. The Labute approximate surface area is 119 Å². The van der Waals surface area contributed by atoms with E-state index in [1.54, 1.807) is 11.0 Å². The molecule has 1 rings (SSSR count). The van der Waals surface area contributed by atoms with Gasteiger partial charge in [0.25, 0.3) is 15.7 Å². The van der Waals surface area contributed by atoms with Crippen LogP contribution in [0.2, 0.25) is 0 Å². The van der Waals surface area contributed by atoms with E-state index in [0.29, 0.717) is 0 Å². The van der Waals surface area contributed by atoms with Crippen LogP contribution in [0, 0.1) is 10.1 Å². The molecule has 0 heterocycles. The third-order valence-electron chi connectivity index (χ3n) is 2.18. The number of thioether (sulfide) groups is 1. The van der Waals surface area contributed by atoms with Crippen LogP contribution in [0.15, 0.2) is 23.1 Å². The summed E-state index contributed by atoms with van der Waals surface area (Å²) < 4.78 is 30.5. The lowest BCUT2D eigenvalue weighted by atomic mass is 10.3. The number of nitro benzene ring substituents is 1. The van der Waals surface area contributed by atoms with Crippen LogP contribution in [0.3, 0.4) is 0 Å². The number of rotatable bonds is 6. The van der Waals surface area contributed by atoms with Crippen molar-refractivity contribution in [1.82, 2.24) is 4.72 Å². The van der Waals surface area contributed by atoms with Crippen LogP contribution < -0.4 is 9.46 Å². The highest BCUT2D eigenvalue weighted by atomic mass is 32.2. The summed E-state index contributed by atoms with van der Waals surface area (Å²) in [7, 11) is -2.99. The fraction of sp³-hybridized carbons (Fsp3) is 0.300. The zero-order chi connectivity index (χ0) is 15.3. The van der Waals surface area contributed by atoms with Gasteiger partial charge in [-0.15, -0.1) is 0 Å². The monoisotopic (exact) mass is 320 g/mol. The van der Waals surface area contributed by atoms with E-state index in [-0.39, 0.29) is 11.5 Å². The molecule has 8 nitrogen and oxygen atoms in total. The van der Waals surface area contributed by atoms with Gasteiger partial charge in [-0.3, -0.25) is 14.9 Å². The number of methoxy groups -OCH3 is 1. The topological polar surface area (TPSA) is 116 Å². The Kier molecular flexibility index (Phi) is 5.34. The molecule has 0 aromatic heterocycles. The summed E-state index contributed by atoms with van der Waals surface area (Å²) in [5, 5.41) is 10.9. The first-order valence-corrected chi connectivity index (χ1v) is 8.06. The molecule has 20 heavy (non-hydrogen) atoms. The molecule has 110 valence electrons. The number of carbonyl (C=O) groups excluding carboxylic acids is 1. The van der Waals surface area contributed by atoms with E-state index in [2.05, 4.69) is 0 Å². The van der Waals surface area contributed by atoms with Crippen LogP contribution in [0.25, 0.3) is 0 Å². The molecule has 0 saturated carbocycles. The lowest BCUT2D eigenvalue weighted by molar-refractivity contribution is -0.387. The average molecular weight is 320 g/mol. The smallest absolute Gasteiger partial charge is 0.293 e. The van der Waals surface area contributed by atoms with E-state index in [1.165, 1.54) is 13.2 Å². The van der Waals surface area contributed by atoms with Crippen molar-refractivity contribution in [2.24, 2.45) is 0 Å². The molecule has 10 heteroatoms. The van der Waals surface area contributed by atoms with Crippen LogP contribution in [0.5, 0.6) is 5.75 Å². The minimum absolute atomic E-state index is 0.0663. The maximum Gasteiger partial charge on any atom is 0.293 e. The molecular formula is C10H12N2O6S2. The van der Waals surface area contributed by atoms with Crippen LogP contribution in [0.1, 0.15) is 0 Å². The predicted octanol–water partition coefficient (Wildman–Crippen LogP) is 0.771. The van der Waals surface area contributed by atoms with Gasteiger partial charge in [-0.1, -0.05) is 0 Å². The van der Waals surface area contributed by atoms with E-state index in [9.17, 15) is 23.3 Å². The number of amides is 1. The Balaban J connectivity index is 3.24. The van der Waals surface area contributed by atoms with Crippen molar-refractivity contribution in [3.05, 3.63) is 28.3 Å². The molecule has 1 aromatic carbocycles. The van der Waals surface area contributed by atoms with Crippen LogP contribution >= 0.6 is 11.8 Å². The molecule has 1 aromatic rings. The molecule has 0 spiro atoms. The van der Waals surface area contributed by atoms with Gasteiger partial charge in [-0.05, 0) is 18.4 Å². The van der Waals surface area contributed by atoms with Crippen molar-refractivity contribution in [3.8, 4) is 5.75 Å². The van der Waals surface area contributed by atoms with Gasteiger partial charge >= 0.3 is 0 Å². The fourth-order valence-electron chi connectivity index (χ4n) is 1.36. The Morgan fingerprint density at radius 3 is 2.65 bits per heavy atom. The first kappa shape index (κ1) is 16.2. The summed E-state index contributed by atoms with van der Waals surface area (Å²) in [6, 6.07) is 3.26. The number of benzene rings is 1. The summed E-state index contributed by atoms with van der Waals surface area (Å²) in [6.45, 7) is 0. The van der Waals surface area contributed by atoms with E-state index in [4.69, 9.17) is 4.74 Å². The van der Waals surface area contributed by atoms with Gasteiger partial charge in [0.2, 0.25) is 5.91 Å². The molecule has 0 aliphatic rings. The van der Waals surface area contributed by atoms with E-state index < -0.39 is 31.4 Å². The molecule has 0 atom stereocenters. The number of hydrogen-bond acceptors (Lipinski definition) is 7. The number of sulfonamides is 1. The molecule has 0 aliphatic heterocycles. The maximum atomic E-state index is 12.0. The summed E-state index contributed by atoms with van der Waals surface area (Å²) in [6.07, 6.45) is 1.63. The molecule has 0 bridgehead atoms. The highest BCUT2D eigenvalue weighted by Crippen LogP contribution is 2.28. The standard InChI is InChI=1S/C10H12N2O6S2/c1-18-7-3-4-9(8(5-7)12(14)15)20(16,17)11-10(13)6-19-2/h3-5H,6H2,1-2H3,(H,11,13). The van der Waals surface area contributed by atoms with Crippen LogP contribution in [-0.4, -0.2) is 38.4 Å². The lowest BCUT2D eigenvalue weighted by Crippen LogP contribution is -2.32. The number of nitrogens with one attached hydrogen (secondary N) is 1. The molecule has 0 unspecified atom stereocenters. The number of carbonyl (C=O) groups is 1. The molecule has 0 radical (unpaired) electrons. The van der Waals surface area contributed by atoms with Gasteiger partial charge in [0.1, 0.15) is 5.75 Å². The minimum Gasteiger partial charge on any atom is -0.497 e. The average Bonchev–Trinajstić information content (AvgIpc) is 2.37. The number of nitrogens with zero attached hydrogens (tertiary/aromatic N) is 1. The number of ether oxygens (including phenoxy) is 1. The maximum absolute atomic E-state index is 12.0. The molecule has 0 saturated heterocycles. The Morgan fingerprint density at radius 1 is 1.50 bits per heavy atom. The van der Waals surface area contributed by atoms with Crippen LogP contribution in [-0.2, 0) is 14.8 Å². The molecule has 0 aliphatic carbocycles. The fourth-order valence-corrected chi connectivity index (χ4v) is 2.92. The Morgan fingerprint density at radius 2 is 2.15 bits per heavy atom. The van der Waals surface area contributed by atoms with Crippen molar-refractivity contribution in [1.29, 1.82) is 0 Å². The van der Waals surface area contributed by atoms with E-state index in [0.717, 1.165) is 23.9 Å². The normalized spacial score (nSPS) is 10.9. The van der Waals surface area contributed by atoms with Gasteiger partial charge in [0.15, 0.2) is 4.90 Å². The van der Waals surface area contributed by atoms with Crippen molar-refractivity contribution in [2.75, 3.05) is 19.1 Å². The summed E-state index contributed by atoms with van der Waals surface area (Å²) in [4.78, 5) is 20.8. The quantitative estimate of drug-likeness (QED) is 0.608. The third-order valence-corrected chi connectivity index (χ3v) is 4.15. The Hall–Kier alpha value is -1.81. The van der Waals surface area contributed by atoms with Crippen molar-refractivity contribution < 1.29 is 22.9 Å². The second-order valence-electron chi connectivity index (χ2n) is 3.55. The number of nitro groups is 1. The number of hydrogen-bond donors (Lipinski definition) is 1. The molecular weight excluding hydrogens is 308 g/mol. The first-order chi connectivity index (χ1) is 9.31.